The van der Waals surface area contributed by atoms with Gasteiger partial charge in [0.15, 0.2) is 0 Å². The molecule has 0 atom stereocenters. The average Bonchev–Trinajstić information content (AvgIpc) is 2.32. The Morgan fingerprint density at radius 3 is 2.65 bits per heavy atom. The van der Waals surface area contributed by atoms with E-state index in [-0.39, 0.29) is 11.4 Å². The third kappa shape index (κ3) is 2.73. The molecule has 0 unspecified atom stereocenters. The minimum atomic E-state index is -0.633. The average molecular weight is 249 g/mol. The van der Waals surface area contributed by atoms with Crippen molar-refractivity contribution in [3.63, 3.8) is 0 Å². The maximum absolute atomic E-state index is 11.2. The van der Waals surface area contributed by atoms with Gasteiger partial charge in [0.1, 0.15) is 11.3 Å². The van der Waals surface area contributed by atoms with Gasteiger partial charge >= 0.3 is 0 Å². The first-order valence-corrected chi connectivity index (χ1v) is 5.23. The third-order valence-electron chi connectivity index (χ3n) is 2.04. The molecule has 1 aromatic carbocycles. The van der Waals surface area contributed by atoms with Crippen LogP contribution < -0.4 is 10.5 Å². The minimum Gasteiger partial charge on any atom is -0.438 e. The molecule has 0 bridgehead atoms. The lowest BCUT2D eigenvalue weighted by molar-refractivity contribution is 0.0997. The molecule has 0 aliphatic heterocycles. The van der Waals surface area contributed by atoms with E-state index in [4.69, 9.17) is 22.1 Å². The topological polar surface area (TPSA) is 65.2 Å². The van der Waals surface area contributed by atoms with Crippen molar-refractivity contribution < 1.29 is 9.53 Å². The number of primary amides is 1. The largest absolute Gasteiger partial charge is 0.438 e. The van der Waals surface area contributed by atoms with Crippen LogP contribution in [0.1, 0.15) is 10.4 Å². The van der Waals surface area contributed by atoms with Crippen LogP contribution in [0.5, 0.6) is 11.6 Å². The summed E-state index contributed by atoms with van der Waals surface area (Å²) >= 11 is 5.74. The minimum absolute atomic E-state index is 0.146. The lowest BCUT2D eigenvalue weighted by Gasteiger charge is -2.07. The van der Waals surface area contributed by atoms with Crippen LogP contribution in [-0.4, -0.2) is 10.9 Å². The highest BCUT2D eigenvalue weighted by molar-refractivity contribution is 6.30. The van der Waals surface area contributed by atoms with Crippen LogP contribution in [0.4, 0.5) is 0 Å². The zero-order valence-electron chi connectivity index (χ0n) is 8.76. The number of nitrogens with zero attached hydrogens (tertiary/aromatic N) is 1. The van der Waals surface area contributed by atoms with Gasteiger partial charge in [-0.1, -0.05) is 29.8 Å². The van der Waals surface area contributed by atoms with E-state index in [0.29, 0.717) is 10.8 Å². The van der Waals surface area contributed by atoms with Gasteiger partial charge in [0.2, 0.25) is 5.88 Å². The first kappa shape index (κ1) is 11.4. The van der Waals surface area contributed by atoms with Gasteiger partial charge in [-0.3, -0.25) is 4.79 Å². The van der Waals surface area contributed by atoms with Crippen LogP contribution >= 0.6 is 11.6 Å². The maximum atomic E-state index is 11.2. The summed E-state index contributed by atoms with van der Waals surface area (Å²) in [7, 11) is 0. The lowest BCUT2D eigenvalue weighted by Crippen LogP contribution is -2.13. The maximum Gasteiger partial charge on any atom is 0.254 e. The van der Waals surface area contributed by atoms with E-state index in [1.54, 1.807) is 12.1 Å². The third-order valence-corrected chi connectivity index (χ3v) is 2.25. The van der Waals surface area contributed by atoms with Crippen molar-refractivity contribution in [2.24, 2.45) is 5.73 Å². The number of pyridine rings is 1. The summed E-state index contributed by atoms with van der Waals surface area (Å²) in [5.74, 6) is 0.0869. The normalized spacial score (nSPS) is 9.94. The van der Waals surface area contributed by atoms with E-state index < -0.39 is 5.91 Å². The van der Waals surface area contributed by atoms with Crippen LogP contribution in [-0.2, 0) is 0 Å². The van der Waals surface area contributed by atoms with E-state index in [0.717, 1.165) is 0 Å². The van der Waals surface area contributed by atoms with Gasteiger partial charge in [0.05, 0.1) is 5.02 Å². The van der Waals surface area contributed by atoms with Crippen LogP contribution in [0.3, 0.4) is 0 Å². The molecule has 0 fully saturated rings. The van der Waals surface area contributed by atoms with E-state index in [2.05, 4.69) is 4.98 Å². The molecule has 86 valence electrons. The second-order valence-electron chi connectivity index (χ2n) is 3.29. The zero-order chi connectivity index (χ0) is 12.3. The number of rotatable bonds is 3. The molecule has 2 aromatic rings. The van der Waals surface area contributed by atoms with Crippen molar-refractivity contribution in [1.82, 2.24) is 4.98 Å². The highest BCUT2D eigenvalue weighted by atomic mass is 35.5. The van der Waals surface area contributed by atoms with Gasteiger partial charge in [-0.05, 0) is 18.2 Å². The summed E-state index contributed by atoms with van der Waals surface area (Å²) in [6.07, 6.45) is 1.40. The Balaban J connectivity index is 2.36. The molecular weight excluding hydrogens is 240 g/mol. The summed E-state index contributed by atoms with van der Waals surface area (Å²) in [5.41, 5.74) is 5.37. The number of ether oxygens (including phenoxy) is 1. The quantitative estimate of drug-likeness (QED) is 0.908. The van der Waals surface area contributed by atoms with Crippen molar-refractivity contribution in [1.29, 1.82) is 0 Å². The van der Waals surface area contributed by atoms with Crippen LogP contribution in [0.15, 0.2) is 42.6 Å². The van der Waals surface area contributed by atoms with Gasteiger partial charge in [0, 0.05) is 6.20 Å². The fourth-order valence-electron chi connectivity index (χ4n) is 1.28. The molecule has 1 amide bonds. The fraction of sp³-hybridized carbons (Fsp3) is 0. The molecule has 1 heterocycles. The predicted octanol–water partition coefficient (Wildman–Crippen LogP) is 2.63. The second-order valence-corrected chi connectivity index (χ2v) is 3.72. The van der Waals surface area contributed by atoms with Gasteiger partial charge < -0.3 is 10.5 Å². The molecule has 17 heavy (non-hydrogen) atoms. The summed E-state index contributed by atoms with van der Waals surface area (Å²) in [4.78, 5) is 15.1. The zero-order valence-corrected chi connectivity index (χ0v) is 9.52. The molecule has 5 heteroatoms. The molecule has 0 radical (unpaired) electrons. The summed E-state index contributed by atoms with van der Waals surface area (Å²) in [6.45, 7) is 0. The SMILES string of the molecule is NC(=O)c1cc(Cl)cnc1Oc1ccccc1. The first-order valence-electron chi connectivity index (χ1n) is 4.85. The van der Waals surface area contributed by atoms with E-state index in [9.17, 15) is 4.79 Å². The smallest absolute Gasteiger partial charge is 0.254 e. The lowest BCUT2D eigenvalue weighted by atomic mass is 10.2. The number of benzene rings is 1. The second kappa shape index (κ2) is 4.84. The van der Waals surface area contributed by atoms with Crippen LogP contribution in [0, 0.1) is 0 Å². The Labute approximate surface area is 103 Å². The predicted molar refractivity (Wildman–Crippen MR) is 64.3 cm³/mol. The monoisotopic (exact) mass is 248 g/mol. The molecule has 4 nitrogen and oxygen atoms in total. The van der Waals surface area contributed by atoms with Gasteiger partial charge in [-0.15, -0.1) is 0 Å². The number of carbonyl (C=O) groups excluding carboxylic acids is 1. The highest BCUT2D eigenvalue weighted by Crippen LogP contribution is 2.24. The highest BCUT2D eigenvalue weighted by Gasteiger charge is 2.12. The Kier molecular flexibility index (Phi) is 3.25. The summed E-state index contributed by atoms with van der Waals surface area (Å²) in [5, 5.41) is 0.333. The van der Waals surface area contributed by atoms with Crippen molar-refractivity contribution >= 4 is 17.5 Å². The van der Waals surface area contributed by atoms with Crippen molar-refractivity contribution in [3.8, 4) is 11.6 Å². The number of hydrogen-bond donors (Lipinski definition) is 1. The van der Waals surface area contributed by atoms with Crippen LogP contribution in [0.25, 0.3) is 0 Å². The molecule has 0 aliphatic rings. The van der Waals surface area contributed by atoms with Crippen molar-refractivity contribution in [2.75, 3.05) is 0 Å². The number of nitrogens with two attached hydrogens (primary N) is 1. The molecule has 0 saturated carbocycles. The molecular formula is C12H9ClN2O2. The Morgan fingerprint density at radius 2 is 2.00 bits per heavy atom. The number of amides is 1. The number of carbonyl (C=O) groups is 1. The number of halogens is 1. The molecule has 0 aliphatic carbocycles. The molecule has 2 rings (SSSR count). The Hall–Kier alpha value is -2.07. The fourth-order valence-corrected chi connectivity index (χ4v) is 1.44. The first-order chi connectivity index (χ1) is 8.16. The standard InChI is InChI=1S/C12H9ClN2O2/c13-8-6-10(11(14)16)12(15-7-8)17-9-4-2-1-3-5-9/h1-7H,(H2,14,16). The Bertz CT molecular complexity index is 543. The van der Waals surface area contributed by atoms with E-state index in [1.165, 1.54) is 12.3 Å². The Morgan fingerprint density at radius 1 is 1.29 bits per heavy atom. The molecule has 0 saturated heterocycles. The van der Waals surface area contributed by atoms with Gasteiger partial charge in [-0.25, -0.2) is 4.98 Å². The van der Waals surface area contributed by atoms with Crippen molar-refractivity contribution in [2.45, 2.75) is 0 Å². The molecule has 1 aromatic heterocycles. The summed E-state index contributed by atoms with van der Waals surface area (Å²) < 4.78 is 5.46. The van der Waals surface area contributed by atoms with E-state index in [1.807, 2.05) is 18.2 Å². The van der Waals surface area contributed by atoms with E-state index >= 15 is 0 Å². The number of para-hydroxylation sites is 1. The summed E-state index contributed by atoms with van der Waals surface area (Å²) in [6, 6.07) is 10.4. The molecule has 0 spiro atoms. The van der Waals surface area contributed by atoms with Crippen molar-refractivity contribution in [3.05, 3.63) is 53.2 Å². The van der Waals surface area contributed by atoms with Gasteiger partial charge in [0.25, 0.3) is 5.91 Å². The number of hydrogen-bond acceptors (Lipinski definition) is 3. The molecule has 2 N–H and O–H groups in total. The van der Waals surface area contributed by atoms with Gasteiger partial charge in [-0.2, -0.15) is 0 Å². The number of aromatic nitrogens is 1. The van der Waals surface area contributed by atoms with Crippen LogP contribution in [0.2, 0.25) is 5.02 Å².